The summed E-state index contributed by atoms with van der Waals surface area (Å²) >= 11 is 5.88. The first kappa shape index (κ1) is 25.0. The first-order valence-corrected chi connectivity index (χ1v) is 13.3. The van der Waals surface area contributed by atoms with Crippen LogP contribution in [0.2, 0.25) is 0 Å². The molecule has 1 saturated heterocycles. The number of hydrogen-bond donors (Lipinski definition) is 1. The molecule has 1 aromatic carbocycles. The molecule has 5 rings (SSSR count). The first-order chi connectivity index (χ1) is 18.0. The number of aryl methyl sites for hydroxylation is 1. The van der Waals surface area contributed by atoms with Crippen LogP contribution in [-0.2, 0) is 6.54 Å². The Labute approximate surface area is 225 Å². The van der Waals surface area contributed by atoms with Gasteiger partial charge in [-0.1, -0.05) is 12.1 Å². The van der Waals surface area contributed by atoms with Crippen molar-refractivity contribution < 1.29 is 0 Å². The van der Waals surface area contributed by atoms with Crippen molar-refractivity contribution in [3.05, 3.63) is 107 Å². The van der Waals surface area contributed by atoms with Crippen LogP contribution in [0.3, 0.4) is 0 Å². The van der Waals surface area contributed by atoms with E-state index < -0.39 is 0 Å². The van der Waals surface area contributed by atoms with E-state index in [4.69, 9.17) is 17.2 Å². The van der Waals surface area contributed by atoms with Crippen LogP contribution in [0.25, 0.3) is 5.69 Å². The fraction of sp³-hybridized carbons (Fsp3) is 0.300. The maximum absolute atomic E-state index is 5.88. The van der Waals surface area contributed by atoms with Crippen LogP contribution in [0.5, 0.6) is 0 Å². The fourth-order valence-electron chi connectivity index (χ4n) is 5.47. The topological polar surface area (TPSA) is 49.2 Å². The van der Waals surface area contributed by atoms with Crippen LogP contribution >= 0.6 is 12.2 Å². The van der Waals surface area contributed by atoms with E-state index in [0.717, 1.165) is 35.3 Å². The average Bonchev–Trinajstić information content (AvgIpc) is 3.40. The van der Waals surface area contributed by atoms with Crippen molar-refractivity contribution in [2.45, 2.75) is 46.3 Å². The number of nitrogens with zero attached hydrogens (tertiary/aromatic N) is 5. The average molecular weight is 511 g/mol. The summed E-state index contributed by atoms with van der Waals surface area (Å²) in [6.45, 7) is 11.4. The van der Waals surface area contributed by atoms with Crippen LogP contribution in [0.4, 0.5) is 5.69 Å². The monoisotopic (exact) mass is 510 g/mol. The first-order valence-electron chi connectivity index (χ1n) is 12.9. The highest BCUT2D eigenvalue weighted by Crippen LogP contribution is 2.42. The molecule has 4 heterocycles. The lowest BCUT2D eigenvalue weighted by molar-refractivity contribution is 0.307. The van der Waals surface area contributed by atoms with E-state index in [1.54, 1.807) is 0 Å². The van der Waals surface area contributed by atoms with E-state index >= 15 is 0 Å². The molecule has 0 radical (unpaired) electrons. The summed E-state index contributed by atoms with van der Waals surface area (Å²) in [6.07, 6.45) is 3.68. The number of thiocarbonyl (C=S) groups is 1. The molecule has 1 aliphatic rings. The second kappa shape index (κ2) is 10.7. The zero-order valence-corrected chi connectivity index (χ0v) is 22.7. The molecule has 1 fully saturated rings. The van der Waals surface area contributed by atoms with E-state index in [1.807, 2.05) is 36.7 Å². The third kappa shape index (κ3) is 4.83. The van der Waals surface area contributed by atoms with Gasteiger partial charge in [0, 0.05) is 48.2 Å². The van der Waals surface area contributed by atoms with Gasteiger partial charge in [-0.25, -0.2) is 0 Å². The zero-order valence-electron chi connectivity index (χ0n) is 21.9. The minimum atomic E-state index is -0.0589. The summed E-state index contributed by atoms with van der Waals surface area (Å²) in [4.78, 5) is 13.9. The molecule has 1 aliphatic heterocycles. The molecule has 0 bridgehead atoms. The van der Waals surface area contributed by atoms with E-state index in [-0.39, 0.29) is 12.1 Å². The molecular formula is C30H34N6S. The van der Waals surface area contributed by atoms with Gasteiger partial charge in [-0.2, -0.15) is 0 Å². The lowest BCUT2D eigenvalue weighted by atomic mass is 9.96. The minimum absolute atomic E-state index is 0.0145. The van der Waals surface area contributed by atoms with Gasteiger partial charge < -0.3 is 19.7 Å². The van der Waals surface area contributed by atoms with E-state index in [9.17, 15) is 0 Å². The zero-order chi connectivity index (χ0) is 25.9. The predicted octanol–water partition coefficient (Wildman–Crippen LogP) is 5.90. The molecular weight excluding hydrogens is 476 g/mol. The third-order valence-electron chi connectivity index (χ3n) is 7.28. The van der Waals surface area contributed by atoms with Gasteiger partial charge in [0.15, 0.2) is 5.11 Å². The molecule has 7 heteroatoms. The number of nitrogens with one attached hydrogen (secondary N) is 1. The van der Waals surface area contributed by atoms with Crippen molar-refractivity contribution in [1.82, 2.24) is 24.8 Å². The normalized spacial score (nSPS) is 17.2. The number of aromatic nitrogens is 3. The maximum Gasteiger partial charge on any atom is 0.170 e. The molecule has 190 valence electrons. The summed E-state index contributed by atoms with van der Waals surface area (Å²) in [7, 11) is 0. The van der Waals surface area contributed by atoms with Crippen LogP contribution in [0, 0.1) is 13.8 Å². The second-order valence-electron chi connectivity index (χ2n) is 9.43. The summed E-state index contributed by atoms with van der Waals surface area (Å²) < 4.78 is 2.34. The van der Waals surface area contributed by atoms with Crippen molar-refractivity contribution in [2.75, 3.05) is 18.0 Å². The molecule has 2 atom stereocenters. The smallest absolute Gasteiger partial charge is 0.170 e. The standard InChI is InChI=1S/C30H34N6S/c1-5-34(6-2)24-13-15-25(16-14-24)36-21(3)19-26(22(36)4)29-28(27-12-8-10-18-32-27)33-30(37)35(29)20-23-11-7-9-17-31-23/h7-19,28-29H,5-6,20H2,1-4H3,(H,33,37)/t28-,29-/m0/s1. The molecule has 0 aliphatic carbocycles. The lowest BCUT2D eigenvalue weighted by Crippen LogP contribution is -2.29. The molecule has 37 heavy (non-hydrogen) atoms. The van der Waals surface area contributed by atoms with Crippen molar-refractivity contribution >= 4 is 23.0 Å². The Morgan fingerprint density at radius 2 is 1.62 bits per heavy atom. The summed E-state index contributed by atoms with van der Waals surface area (Å²) in [5.41, 5.74) is 8.01. The van der Waals surface area contributed by atoms with Gasteiger partial charge in [-0.3, -0.25) is 9.97 Å². The SMILES string of the molecule is CCN(CC)c1ccc(-n2c(C)cc([C@H]3[C@H](c4ccccn4)NC(=S)N3Cc3ccccn3)c2C)cc1. The van der Waals surface area contributed by atoms with Gasteiger partial charge in [0.1, 0.15) is 0 Å². The highest BCUT2D eigenvalue weighted by Gasteiger charge is 2.41. The second-order valence-corrected chi connectivity index (χ2v) is 9.81. The van der Waals surface area contributed by atoms with Gasteiger partial charge in [0.25, 0.3) is 0 Å². The maximum atomic E-state index is 5.88. The summed E-state index contributed by atoms with van der Waals surface area (Å²) in [6, 6.07) is 23.2. The number of anilines is 1. The summed E-state index contributed by atoms with van der Waals surface area (Å²) in [5.74, 6) is 0. The Morgan fingerprint density at radius 3 is 2.24 bits per heavy atom. The van der Waals surface area contributed by atoms with Gasteiger partial charge in [-0.15, -0.1) is 0 Å². The van der Waals surface area contributed by atoms with Crippen molar-refractivity contribution in [3.63, 3.8) is 0 Å². The Morgan fingerprint density at radius 1 is 0.919 bits per heavy atom. The largest absolute Gasteiger partial charge is 0.372 e. The van der Waals surface area contributed by atoms with Gasteiger partial charge in [0.05, 0.1) is 30.0 Å². The van der Waals surface area contributed by atoms with Crippen LogP contribution < -0.4 is 10.2 Å². The number of benzene rings is 1. The van der Waals surface area contributed by atoms with Crippen LogP contribution in [0.15, 0.2) is 79.1 Å². The van der Waals surface area contributed by atoms with Gasteiger partial charge in [0.2, 0.25) is 0 Å². The summed E-state index contributed by atoms with van der Waals surface area (Å²) in [5, 5.41) is 4.29. The molecule has 3 aromatic heterocycles. The molecule has 4 aromatic rings. The Bertz CT molecular complexity index is 1350. The minimum Gasteiger partial charge on any atom is -0.372 e. The number of rotatable bonds is 8. The molecule has 0 saturated carbocycles. The van der Waals surface area contributed by atoms with Crippen molar-refractivity contribution in [3.8, 4) is 5.69 Å². The van der Waals surface area contributed by atoms with Gasteiger partial charge in [-0.05, 0) is 100 Å². The molecule has 0 amide bonds. The molecule has 1 N–H and O–H groups in total. The number of hydrogen-bond acceptors (Lipinski definition) is 4. The fourth-order valence-corrected chi connectivity index (χ4v) is 5.77. The third-order valence-corrected chi connectivity index (χ3v) is 7.63. The predicted molar refractivity (Wildman–Crippen MR) is 154 cm³/mol. The Kier molecular flexibility index (Phi) is 7.24. The molecule has 0 spiro atoms. The van der Waals surface area contributed by atoms with E-state index in [1.165, 1.54) is 22.6 Å². The quantitative estimate of drug-likeness (QED) is 0.298. The molecule has 6 nitrogen and oxygen atoms in total. The van der Waals surface area contributed by atoms with Crippen molar-refractivity contribution in [1.29, 1.82) is 0 Å². The van der Waals surface area contributed by atoms with Crippen molar-refractivity contribution in [2.24, 2.45) is 0 Å². The van der Waals surface area contributed by atoms with E-state index in [0.29, 0.717) is 6.54 Å². The van der Waals surface area contributed by atoms with Crippen LogP contribution in [-0.4, -0.2) is 37.6 Å². The molecule has 0 unspecified atom stereocenters. The highest BCUT2D eigenvalue weighted by atomic mass is 32.1. The van der Waals surface area contributed by atoms with Gasteiger partial charge >= 0.3 is 0 Å². The van der Waals surface area contributed by atoms with E-state index in [2.05, 4.69) is 94.8 Å². The Hall–Kier alpha value is -3.71. The lowest BCUT2D eigenvalue weighted by Gasteiger charge is -2.28. The van der Waals surface area contributed by atoms with Crippen LogP contribution in [0.1, 0.15) is 54.3 Å². The Balaban J connectivity index is 1.56. The number of pyridine rings is 2. The highest BCUT2D eigenvalue weighted by molar-refractivity contribution is 7.80.